The van der Waals surface area contributed by atoms with Crippen LogP contribution in [0.25, 0.3) is 11.5 Å². The smallest absolute Gasteiger partial charge is 0.276 e. The van der Waals surface area contributed by atoms with E-state index in [9.17, 15) is 8.42 Å². The molecule has 2 N–H and O–H groups in total. The number of nitrogens with two attached hydrogens (primary N) is 1. The summed E-state index contributed by atoms with van der Waals surface area (Å²) in [7, 11) is -3.62. The highest BCUT2D eigenvalue weighted by molar-refractivity contribution is 7.86. The Hall–Kier alpha value is -2.75. The summed E-state index contributed by atoms with van der Waals surface area (Å²) in [6.45, 7) is 0.877. The normalized spacial score (nSPS) is 20.9. The first-order valence-corrected chi connectivity index (χ1v) is 11.4. The third-order valence-corrected chi connectivity index (χ3v) is 7.19. The van der Waals surface area contributed by atoms with E-state index in [2.05, 4.69) is 10.1 Å². The second kappa shape index (κ2) is 7.19. The Morgan fingerprint density at radius 2 is 1.77 bits per heavy atom. The number of hydrogen-bond acceptors (Lipinski definition) is 6. The summed E-state index contributed by atoms with van der Waals surface area (Å²) in [5.74, 6) is 2.64. The lowest BCUT2D eigenvalue weighted by Crippen LogP contribution is -2.43. The van der Waals surface area contributed by atoms with Crippen LogP contribution in [0.5, 0.6) is 11.5 Å². The number of hydrogen-bond donors (Lipinski definition) is 1. The van der Waals surface area contributed by atoms with Crippen molar-refractivity contribution in [2.45, 2.75) is 25.2 Å². The lowest BCUT2D eigenvalue weighted by Gasteiger charge is -2.30. The second-order valence-corrected chi connectivity index (χ2v) is 9.48. The van der Waals surface area contributed by atoms with Gasteiger partial charge in [0.1, 0.15) is 11.5 Å². The molecular weight excluding hydrogens is 404 g/mol. The Balaban J connectivity index is 1.33. The fraction of sp³-hybridized carbons (Fsp3) is 0.333. The maximum absolute atomic E-state index is 11.5. The average molecular weight is 426 g/mol. The SMILES string of the molecule is NS(=O)(=O)N1CCC2(CC1)C[C@H]2c1noc(-c2ccccc2Oc2ccccc2)n1. The van der Waals surface area contributed by atoms with Gasteiger partial charge < -0.3 is 9.26 Å². The molecule has 156 valence electrons. The molecule has 2 aliphatic rings. The first kappa shape index (κ1) is 19.2. The lowest BCUT2D eigenvalue weighted by molar-refractivity contribution is 0.249. The van der Waals surface area contributed by atoms with Gasteiger partial charge in [0.25, 0.3) is 16.1 Å². The van der Waals surface area contributed by atoms with Gasteiger partial charge in [-0.3, -0.25) is 0 Å². The Morgan fingerprint density at radius 1 is 1.07 bits per heavy atom. The number of piperidine rings is 1. The molecule has 1 saturated carbocycles. The monoisotopic (exact) mass is 426 g/mol. The Kier molecular flexibility index (Phi) is 4.61. The molecule has 30 heavy (non-hydrogen) atoms. The van der Waals surface area contributed by atoms with Gasteiger partial charge in [-0.25, -0.2) is 5.14 Å². The van der Waals surface area contributed by atoms with Crippen molar-refractivity contribution in [1.29, 1.82) is 0 Å². The Labute approximate surface area is 174 Å². The number of nitrogens with zero attached hydrogens (tertiary/aromatic N) is 3. The lowest BCUT2D eigenvalue weighted by atomic mass is 9.92. The molecule has 1 atom stereocenters. The number of para-hydroxylation sites is 2. The van der Waals surface area contributed by atoms with Crippen LogP contribution in [-0.4, -0.2) is 36.0 Å². The van der Waals surface area contributed by atoms with Crippen molar-refractivity contribution in [1.82, 2.24) is 14.4 Å². The molecule has 2 heterocycles. The van der Waals surface area contributed by atoms with Gasteiger partial charge in [0.2, 0.25) is 0 Å². The molecule has 1 aromatic heterocycles. The predicted molar refractivity (Wildman–Crippen MR) is 110 cm³/mol. The largest absolute Gasteiger partial charge is 0.457 e. The molecule has 1 spiro atoms. The van der Waals surface area contributed by atoms with E-state index in [1.165, 1.54) is 4.31 Å². The zero-order chi connectivity index (χ0) is 20.8. The van der Waals surface area contributed by atoms with Crippen LogP contribution < -0.4 is 9.88 Å². The van der Waals surface area contributed by atoms with Gasteiger partial charge in [0, 0.05) is 19.0 Å². The molecule has 0 radical (unpaired) electrons. The van der Waals surface area contributed by atoms with E-state index < -0.39 is 10.2 Å². The molecule has 1 saturated heterocycles. The molecule has 2 fully saturated rings. The summed E-state index contributed by atoms with van der Waals surface area (Å²) in [6.07, 6.45) is 2.45. The van der Waals surface area contributed by atoms with Crippen molar-refractivity contribution in [2.24, 2.45) is 10.6 Å². The molecule has 9 heteroatoms. The third kappa shape index (κ3) is 3.60. The highest BCUT2D eigenvalue weighted by atomic mass is 32.2. The van der Waals surface area contributed by atoms with Gasteiger partial charge in [-0.15, -0.1) is 0 Å². The average Bonchev–Trinajstić information content (AvgIpc) is 3.20. The van der Waals surface area contributed by atoms with E-state index in [1.807, 2.05) is 54.6 Å². The molecular formula is C21H22N4O4S. The van der Waals surface area contributed by atoms with Crippen LogP contribution in [-0.2, 0) is 10.2 Å². The molecule has 0 unspecified atom stereocenters. The van der Waals surface area contributed by atoms with Gasteiger partial charge >= 0.3 is 0 Å². The summed E-state index contributed by atoms with van der Waals surface area (Å²) in [5, 5.41) is 9.47. The van der Waals surface area contributed by atoms with E-state index >= 15 is 0 Å². The van der Waals surface area contributed by atoms with Crippen LogP contribution >= 0.6 is 0 Å². The molecule has 0 bridgehead atoms. The first-order chi connectivity index (χ1) is 14.4. The highest BCUT2D eigenvalue weighted by Crippen LogP contribution is 2.64. The number of aromatic nitrogens is 2. The van der Waals surface area contributed by atoms with E-state index in [4.69, 9.17) is 14.4 Å². The summed E-state index contributed by atoms with van der Waals surface area (Å²) in [6, 6.07) is 17.1. The Morgan fingerprint density at radius 3 is 2.50 bits per heavy atom. The van der Waals surface area contributed by atoms with Crippen LogP contribution in [0.2, 0.25) is 0 Å². The van der Waals surface area contributed by atoms with E-state index in [1.54, 1.807) is 0 Å². The van der Waals surface area contributed by atoms with Crippen molar-refractivity contribution < 1.29 is 17.7 Å². The Bertz CT molecular complexity index is 1150. The van der Waals surface area contributed by atoms with Gasteiger partial charge in [0.15, 0.2) is 5.82 Å². The molecule has 1 aliphatic heterocycles. The number of rotatable bonds is 5. The van der Waals surface area contributed by atoms with Crippen molar-refractivity contribution in [3.63, 3.8) is 0 Å². The fourth-order valence-electron chi connectivity index (χ4n) is 4.28. The zero-order valence-corrected chi connectivity index (χ0v) is 17.1. The molecule has 5 rings (SSSR count). The zero-order valence-electron chi connectivity index (χ0n) is 16.3. The minimum absolute atomic E-state index is 0.0440. The molecule has 0 amide bonds. The standard InChI is InChI=1S/C21H22N4O4S/c22-30(26,27)25-12-10-21(11-13-25)14-17(21)19-23-20(29-24-19)16-8-4-5-9-18(16)28-15-6-2-1-3-7-15/h1-9,17H,10-14H2,(H2,22,26,27)/t17-/m0/s1. The number of benzene rings is 2. The van der Waals surface area contributed by atoms with Gasteiger partial charge in [-0.05, 0) is 48.9 Å². The van der Waals surface area contributed by atoms with E-state index in [0.29, 0.717) is 30.6 Å². The topological polar surface area (TPSA) is 112 Å². The van der Waals surface area contributed by atoms with Gasteiger partial charge in [-0.1, -0.05) is 35.5 Å². The van der Waals surface area contributed by atoms with Crippen LogP contribution in [0.4, 0.5) is 0 Å². The third-order valence-electron chi connectivity index (χ3n) is 6.11. The van der Waals surface area contributed by atoms with Crippen LogP contribution in [0.1, 0.15) is 31.0 Å². The van der Waals surface area contributed by atoms with Gasteiger partial charge in [-0.2, -0.15) is 17.7 Å². The molecule has 1 aliphatic carbocycles. The summed E-state index contributed by atoms with van der Waals surface area (Å²) < 4.78 is 36.0. The van der Waals surface area contributed by atoms with Crippen LogP contribution in [0.15, 0.2) is 59.1 Å². The minimum Gasteiger partial charge on any atom is -0.457 e. The van der Waals surface area contributed by atoms with Crippen molar-refractivity contribution >= 4 is 10.2 Å². The van der Waals surface area contributed by atoms with Crippen molar-refractivity contribution in [3.8, 4) is 23.0 Å². The van der Waals surface area contributed by atoms with Crippen molar-refractivity contribution in [3.05, 3.63) is 60.4 Å². The van der Waals surface area contributed by atoms with Crippen molar-refractivity contribution in [2.75, 3.05) is 13.1 Å². The number of ether oxygens (including phenoxy) is 1. The van der Waals surface area contributed by atoms with E-state index in [0.717, 1.165) is 30.6 Å². The first-order valence-electron chi connectivity index (χ1n) is 9.88. The fourth-order valence-corrected chi connectivity index (χ4v) is 4.98. The summed E-state index contributed by atoms with van der Waals surface area (Å²) in [4.78, 5) is 4.65. The van der Waals surface area contributed by atoms with Gasteiger partial charge in [0.05, 0.1) is 5.56 Å². The van der Waals surface area contributed by atoms with E-state index in [-0.39, 0.29) is 11.3 Å². The minimum atomic E-state index is -3.62. The predicted octanol–water partition coefficient (Wildman–Crippen LogP) is 3.30. The molecule has 8 nitrogen and oxygen atoms in total. The highest BCUT2D eigenvalue weighted by Gasteiger charge is 2.58. The quantitative estimate of drug-likeness (QED) is 0.670. The maximum Gasteiger partial charge on any atom is 0.276 e. The maximum atomic E-state index is 11.5. The summed E-state index contributed by atoms with van der Waals surface area (Å²) >= 11 is 0. The van der Waals surface area contributed by atoms with Crippen LogP contribution in [0.3, 0.4) is 0 Å². The molecule has 3 aromatic rings. The molecule has 2 aromatic carbocycles. The second-order valence-electron chi connectivity index (χ2n) is 7.93. The summed E-state index contributed by atoms with van der Waals surface area (Å²) in [5.41, 5.74) is 0.779. The van der Waals surface area contributed by atoms with Crippen LogP contribution in [0, 0.1) is 5.41 Å².